The Bertz CT molecular complexity index is 1030. The highest BCUT2D eigenvalue weighted by atomic mass is 16.2. The van der Waals surface area contributed by atoms with Gasteiger partial charge in [0, 0.05) is 37.0 Å². The van der Waals surface area contributed by atoms with Gasteiger partial charge >= 0.3 is 0 Å². The van der Waals surface area contributed by atoms with Gasteiger partial charge in [-0.25, -0.2) is 9.97 Å². The van der Waals surface area contributed by atoms with Crippen LogP contribution in [0.5, 0.6) is 0 Å². The summed E-state index contributed by atoms with van der Waals surface area (Å²) in [7, 11) is 0. The van der Waals surface area contributed by atoms with Crippen LogP contribution in [-0.2, 0) is 4.79 Å². The van der Waals surface area contributed by atoms with Crippen LogP contribution in [-0.4, -0.2) is 33.9 Å². The predicted octanol–water partition coefficient (Wildman–Crippen LogP) is 4.95. The summed E-state index contributed by atoms with van der Waals surface area (Å²) in [6.45, 7) is 3.50. The largest absolute Gasteiger partial charge is 0.339 e. The minimum Gasteiger partial charge on any atom is -0.339 e. The van der Waals surface area contributed by atoms with E-state index in [1.54, 1.807) is 6.08 Å². The highest BCUT2D eigenvalue weighted by Crippen LogP contribution is 2.28. The number of amides is 1. The molecule has 0 unspecified atom stereocenters. The molecule has 3 heterocycles. The van der Waals surface area contributed by atoms with E-state index < -0.39 is 0 Å². The van der Waals surface area contributed by atoms with E-state index in [1.165, 1.54) is 5.56 Å². The summed E-state index contributed by atoms with van der Waals surface area (Å²) in [6.07, 6.45) is 7.46. The van der Waals surface area contributed by atoms with Crippen molar-refractivity contribution in [2.24, 2.45) is 0 Å². The fourth-order valence-corrected chi connectivity index (χ4v) is 3.80. The molecule has 0 aliphatic carbocycles. The van der Waals surface area contributed by atoms with Gasteiger partial charge in [-0.2, -0.15) is 0 Å². The standard InChI is InChI=1S/C25H26N4O/c1-19-7-5-11-23(27-19)28-24-17-21(14-15-26-24)22-10-6-16-29(18-22)25(30)13-12-20-8-3-2-4-9-20/h2-5,7-9,11-15,17,22H,6,10,16,18H2,1H3,(H,26,27,28)/b13-12+/t22-/m0/s1. The number of hydrogen-bond donors (Lipinski definition) is 1. The lowest BCUT2D eigenvalue weighted by Crippen LogP contribution is -2.38. The Kier molecular flexibility index (Phi) is 6.18. The smallest absolute Gasteiger partial charge is 0.246 e. The van der Waals surface area contributed by atoms with Gasteiger partial charge in [0.2, 0.25) is 5.91 Å². The molecule has 30 heavy (non-hydrogen) atoms. The quantitative estimate of drug-likeness (QED) is 0.618. The number of aromatic nitrogens is 2. The average molecular weight is 399 g/mol. The van der Waals surface area contributed by atoms with Gasteiger partial charge < -0.3 is 10.2 Å². The molecule has 5 heteroatoms. The molecule has 152 valence electrons. The van der Waals surface area contributed by atoms with Crippen LogP contribution in [0.25, 0.3) is 6.08 Å². The number of rotatable bonds is 5. The second kappa shape index (κ2) is 9.35. The van der Waals surface area contributed by atoms with E-state index in [4.69, 9.17) is 0 Å². The summed E-state index contributed by atoms with van der Waals surface area (Å²) in [5, 5.41) is 3.28. The second-order valence-corrected chi connectivity index (χ2v) is 7.63. The minimum absolute atomic E-state index is 0.0694. The normalized spacial score (nSPS) is 16.6. The van der Waals surface area contributed by atoms with Crippen LogP contribution in [0, 0.1) is 6.92 Å². The van der Waals surface area contributed by atoms with Gasteiger partial charge in [0.1, 0.15) is 11.6 Å². The SMILES string of the molecule is Cc1cccc(Nc2cc([C@H]3CCCN(C(=O)/C=C/c4ccccc4)C3)ccn2)n1. The molecular formula is C25H26N4O. The van der Waals surface area contributed by atoms with E-state index in [-0.39, 0.29) is 5.91 Å². The fourth-order valence-electron chi connectivity index (χ4n) is 3.80. The molecule has 1 aliphatic rings. The maximum atomic E-state index is 12.7. The van der Waals surface area contributed by atoms with Crippen molar-refractivity contribution in [3.05, 3.63) is 89.8 Å². The number of carbonyl (C=O) groups excluding carboxylic acids is 1. The van der Waals surface area contributed by atoms with Crippen molar-refractivity contribution >= 4 is 23.6 Å². The zero-order valence-corrected chi connectivity index (χ0v) is 17.2. The number of hydrogen-bond acceptors (Lipinski definition) is 4. The van der Waals surface area contributed by atoms with Crippen molar-refractivity contribution in [2.75, 3.05) is 18.4 Å². The lowest BCUT2D eigenvalue weighted by atomic mass is 9.91. The number of pyridine rings is 2. The molecule has 1 aromatic carbocycles. The van der Waals surface area contributed by atoms with Gasteiger partial charge in [-0.1, -0.05) is 36.4 Å². The molecule has 0 radical (unpaired) electrons. The second-order valence-electron chi connectivity index (χ2n) is 7.63. The first-order chi connectivity index (χ1) is 14.7. The van der Waals surface area contributed by atoms with Crippen molar-refractivity contribution in [2.45, 2.75) is 25.7 Å². The third-order valence-electron chi connectivity index (χ3n) is 5.35. The zero-order chi connectivity index (χ0) is 20.8. The monoisotopic (exact) mass is 398 g/mol. The highest BCUT2D eigenvalue weighted by molar-refractivity contribution is 5.91. The van der Waals surface area contributed by atoms with E-state index in [0.29, 0.717) is 5.92 Å². The van der Waals surface area contributed by atoms with Crippen LogP contribution in [0.3, 0.4) is 0 Å². The van der Waals surface area contributed by atoms with Crippen LogP contribution in [0.15, 0.2) is 72.9 Å². The molecule has 4 rings (SSSR count). The van der Waals surface area contributed by atoms with E-state index >= 15 is 0 Å². The molecule has 1 saturated heterocycles. The van der Waals surface area contributed by atoms with Crippen LogP contribution in [0.2, 0.25) is 0 Å². The number of aryl methyl sites for hydroxylation is 1. The molecule has 1 aliphatic heterocycles. The first-order valence-electron chi connectivity index (χ1n) is 10.4. The predicted molar refractivity (Wildman–Crippen MR) is 121 cm³/mol. The number of carbonyl (C=O) groups is 1. The van der Waals surface area contributed by atoms with Crippen molar-refractivity contribution in [3.63, 3.8) is 0 Å². The van der Waals surface area contributed by atoms with Gasteiger partial charge in [0.25, 0.3) is 0 Å². The molecule has 0 saturated carbocycles. The van der Waals surface area contributed by atoms with Crippen LogP contribution in [0.4, 0.5) is 11.6 Å². The molecule has 1 fully saturated rings. The molecule has 1 N–H and O–H groups in total. The van der Waals surface area contributed by atoms with Crippen LogP contribution < -0.4 is 5.32 Å². The number of nitrogens with one attached hydrogen (secondary N) is 1. The summed E-state index contributed by atoms with van der Waals surface area (Å²) in [5.41, 5.74) is 3.19. The first kappa shape index (κ1) is 19.8. The van der Waals surface area contributed by atoms with E-state index in [1.807, 2.05) is 78.7 Å². The zero-order valence-electron chi connectivity index (χ0n) is 17.2. The highest BCUT2D eigenvalue weighted by Gasteiger charge is 2.24. The maximum absolute atomic E-state index is 12.7. The lowest BCUT2D eigenvalue weighted by Gasteiger charge is -2.32. The average Bonchev–Trinajstić information content (AvgIpc) is 2.78. The summed E-state index contributed by atoms with van der Waals surface area (Å²) in [5.74, 6) is 1.94. The molecule has 2 aromatic heterocycles. The number of likely N-dealkylation sites (tertiary alicyclic amines) is 1. The molecule has 1 amide bonds. The van der Waals surface area contributed by atoms with Crippen molar-refractivity contribution in [3.8, 4) is 0 Å². The molecular weight excluding hydrogens is 372 g/mol. The van der Waals surface area contributed by atoms with Crippen molar-refractivity contribution in [1.82, 2.24) is 14.9 Å². The van der Waals surface area contributed by atoms with Crippen LogP contribution in [0.1, 0.15) is 35.6 Å². The van der Waals surface area contributed by atoms with Gasteiger partial charge in [-0.3, -0.25) is 4.79 Å². The van der Waals surface area contributed by atoms with Gasteiger partial charge in [0.05, 0.1) is 0 Å². The van der Waals surface area contributed by atoms with Crippen molar-refractivity contribution in [1.29, 1.82) is 0 Å². The van der Waals surface area contributed by atoms with Gasteiger partial charge in [-0.05, 0) is 61.2 Å². The van der Waals surface area contributed by atoms with Gasteiger partial charge in [-0.15, -0.1) is 0 Å². The molecule has 0 bridgehead atoms. The number of piperidine rings is 1. The Morgan fingerprint density at radius 2 is 1.97 bits per heavy atom. The Hall–Kier alpha value is -3.47. The Labute approximate surface area is 177 Å². The Morgan fingerprint density at radius 3 is 2.80 bits per heavy atom. The minimum atomic E-state index is 0.0694. The summed E-state index contributed by atoms with van der Waals surface area (Å²) < 4.78 is 0. The van der Waals surface area contributed by atoms with E-state index in [2.05, 4.69) is 21.4 Å². The van der Waals surface area contributed by atoms with Crippen LogP contribution >= 0.6 is 0 Å². The fraction of sp³-hybridized carbons (Fsp3) is 0.240. The summed E-state index contributed by atoms with van der Waals surface area (Å²) >= 11 is 0. The number of nitrogens with zero attached hydrogens (tertiary/aromatic N) is 3. The first-order valence-corrected chi connectivity index (χ1v) is 10.4. The lowest BCUT2D eigenvalue weighted by molar-refractivity contribution is -0.127. The number of anilines is 2. The summed E-state index contributed by atoms with van der Waals surface area (Å²) in [6, 6.07) is 19.9. The third-order valence-corrected chi connectivity index (χ3v) is 5.35. The summed E-state index contributed by atoms with van der Waals surface area (Å²) in [4.78, 5) is 23.6. The maximum Gasteiger partial charge on any atom is 0.246 e. The third kappa shape index (κ3) is 5.11. The van der Waals surface area contributed by atoms with Crippen molar-refractivity contribution < 1.29 is 4.79 Å². The van der Waals surface area contributed by atoms with Gasteiger partial charge in [0.15, 0.2) is 0 Å². The molecule has 0 spiro atoms. The topological polar surface area (TPSA) is 58.1 Å². The molecule has 3 aromatic rings. The molecule has 1 atom stereocenters. The number of benzene rings is 1. The Morgan fingerprint density at radius 1 is 1.10 bits per heavy atom. The van der Waals surface area contributed by atoms with E-state index in [0.717, 1.165) is 48.8 Å². The van der Waals surface area contributed by atoms with E-state index in [9.17, 15) is 4.79 Å². The molecule has 5 nitrogen and oxygen atoms in total. The Balaban J connectivity index is 1.43.